The van der Waals surface area contributed by atoms with Crippen LogP contribution in [0.1, 0.15) is 32.6 Å². The number of carbonyl (C=O) groups excluding carboxylic acids is 2. The minimum Gasteiger partial charge on any atom is -0.479 e. The minimum atomic E-state index is -0.617. The van der Waals surface area contributed by atoms with Crippen molar-refractivity contribution in [1.82, 2.24) is 5.32 Å². The molecule has 1 saturated carbocycles. The van der Waals surface area contributed by atoms with Crippen LogP contribution in [-0.2, 0) is 9.59 Å². The summed E-state index contributed by atoms with van der Waals surface area (Å²) >= 11 is 0. The normalized spacial score (nSPS) is 21.4. The number of nitrogen functional groups attached to an aromatic ring is 1. The van der Waals surface area contributed by atoms with E-state index in [0.717, 1.165) is 25.7 Å². The third kappa shape index (κ3) is 2.73. The van der Waals surface area contributed by atoms with E-state index in [2.05, 4.69) is 5.32 Å². The van der Waals surface area contributed by atoms with Gasteiger partial charge in [-0.15, -0.1) is 0 Å². The van der Waals surface area contributed by atoms with Gasteiger partial charge in [0.1, 0.15) is 18.0 Å². The second-order valence-electron chi connectivity index (χ2n) is 5.93. The first-order valence-electron chi connectivity index (χ1n) is 7.72. The number of ether oxygens (including phenoxy) is 1. The second kappa shape index (κ2) is 5.87. The summed E-state index contributed by atoms with van der Waals surface area (Å²) in [7, 11) is 0. The molecule has 2 amide bonds. The average Bonchev–Trinajstić information content (AvgIpc) is 2.96. The van der Waals surface area contributed by atoms with E-state index in [1.54, 1.807) is 25.1 Å². The average molecular weight is 303 g/mol. The Morgan fingerprint density at radius 2 is 2.14 bits per heavy atom. The predicted octanol–water partition coefficient (Wildman–Crippen LogP) is 1.44. The van der Waals surface area contributed by atoms with Crippen LogP contribution in [0.5, 0.6) is 5.75 Å². The highest BCUT2D eigenvalue weighted by Crippen LogP contribution is 2.38. The molecule has 6 heteroatoms. The molecule has 1 fully saturated rings. The molecule has 0 radical (unpaired) electrons. The Hall–Kier alpha value is -2.24. The van der Waals surface area contributed by atoms with Crippen molar-refractivity contribution in [3.63, 3.8) is 0 Å². The van der Waals surface area contributed by atoms with Crippen molar-refractivity contribution in [3.8, 4) is 5.75 Å². The van der Waals surface area contributed by atoms with Gasteiger partial charge in [0.15, 0.2) is 6.10 Å². The van der Waals surface area contributed by atoms with E-state index >= 15 is 0 Å². The summed E-state index contributed by atoms with van der Waals surface area (Å²) in [4.78, 5) is 26.1. The van der Waals surface area contributed by atoms with Gasteiger partial charge in [0.25, 0.3) is 5.91 Å². The molecular formula is C16H21N3O3. The predicted molar refractivity (Wildman–Crippen MR) is 83.7 cm³/mol. The van der Waals surface area contributed by atoms with Crippen molar-refractivity contribution in [2.45, 2.75) is 44.8 Å². The van der Waals surface area contributed by atoms with Gasteiger partial charge in [-0.2, -0.15) is 0 Å². The quantitative estimate of drug-likeness (QED) is 0.828. The molecule has 1 aromatic carbocycles. The molecule has 22 heavy (non-hydrogen) atoms. The van der Waals surface area contributed by atoms with Crippen LogP contribution >= 0.6 is 0 Å². The molecule has 0 bridgehead atoms. The minimum absolute atomic E-state index is 0.0236. The monoisotopic (exact) mass is 303 g/mol. The van der Waals surface area contributed by atoms with E-state index in [0.29, 0.717) is 17.1 Å². The first-order chi connectivity index (χ1) is 10.6. The number of rotatable bonds is 3. The molecule has 3 rings (SSSR count). The standard InChI is InChI=1S/C16H21N3O3/c1-10-16(21)19(9-14(20)18-11-5-2-3-6-11)15-12(17)7-4-8-13(15)22-10/h4,7-8,10-11H,2-3,5-6,9,17H2,1H3,(H,18,20). The lowest BCUT2D eigenvalue weighted by Crippen LogP contribution is -2.50. The fraction of sp³-hybridized carbons (Fsp3) is 0.500. The molecule has 118 valence electrons. The number of benzene rings is 1. The second-order valence-corrected chi connectivity index (χ2v) is 5.93. The summed E-state index contributed by atoms with van der Waals surface area (Å²) in [6, 6.07) is 5.46. The van der Waals surface area contributed by atoms with Gasteiger partial charge in [0.05, 0.1) is 5.69 Å². The molecule has 1 aliphatic carbocycles. The van der Waals surface area contributed by atoms with Crippen LogP contribution in [0.3, 0.4) is 0 Å². The molecular weight excluding hydrogens is 282 g/mol. The highest BCUT2D eigenvalue weighted by atomic mass is 16.5. The van der Waals surface area contributed by atoms with E-state index in [9.17, 15) is 9.59 Å². The Morgan fingerprint density at radius 1 is 1.41 bits per heavy atom. The van der Waals surface area contributed by atoms with E-state index in [4.69, 9.17) is 10.5 Å². The first-order valence-corrected chi connectivity index (χ1v) is 7.72. The number of nitrogens with two attached hydrogens (primary N) is 1. The summed E-state index contributed by atoms with van der Waals surface area (Å²) in [5, 5.41) is 3.00. The highest BCUT2D eigenvalue weighted by Gasteiger charge is 2.34. The number of carbonyl (C=O) groups is 2. The molecule has 3 N–H and O–H groups in total. The lowest BCUT2D eigenvalue weighted by molar-refractivity contribution is -0.128. The van der Waals surface area contributed by atoms with Crippen LogP contribution in [0.25, 0.3) is 0 Å². The van der Waals surface area contributed by atoms with E-state index < -0.39 is 6.10 Å². The third-order valence-corrected chi connectivity index (χ3v) is 4.24. The van der Waals surface area contributed by atoms with Crippen molar-refractivity contribution in [2.24, 2.45) is 0 Å². The van der Waals surface area contributed by atoms with Crippen LogP contribution < -0.4 is 20.7 Å². The lowest BCUT2D eigenvalue weighted by Gasteiger charge is -2.33. The highest BCUT2D eigenvalue weighted by molar-refractivity contribution is 6.06. The Balaban J connectivity index is 1.79. The molecule has 2 aliphatic rings. The number of hydrogen-bond donors (Lipinski definition) is 2. The summed E-state index contributed by atoms with van der Waals surface area (Å²) < 4.78 is 5.57. The van der Waals surface area contributed by atoms with Crippen LogP contribution in [0, 0.1) is 0 Å². The molecule has 1 heterocycles. The summed E-state index contributed by atoms with van der Waals surface area (Å²) in [6.07, 6.45) is 3.70. The Morgan fingerprint density at radius 3 is 2.86 bits per heavy atom. The fourth-order valence-corrected chi connectivity index (χ4v) is 3.14. The lowest BCUT2D eigenvalue weighted by atomic mass is 10.1. The number of nitrogens with one attached hydrogen (secondary N) is 1. The van der Waals surface area contributed by atoms with Crippen LogP contribution in [0.2, 0.25) is 0 Å². The van der Waals surface area contributed by atoms with Crippen molar-refractivity contribution >= 4 is 23.2 Å². The maximum absolute atomic E-state index is 12.4. The largest absolute Gasteiger partial charge is 0.479 e. The van der Waals surface area contributed by atoms with E-state index in [1.165, 1.54) is 4.90 Å². The summed E-state index contributed by atoms with van der Waals surface area (Å²) in [5.74, 6) is 0.149. The van der Waals surface area contributed by atoms with Crippen molar-refractivity contribution in [2.75, 3.05) is 17.2 Å². The molecule has 0 saturated heterocycles. The maximum atomic E-state index is 12.4. The topological polar surface area (TPSA) is 84.7 Å². The number of nitrogens with zero attached hydrogens (tertiary/aromatic N) is 1. The number of hydrogen-bond acceptors (Lipinski definition) is 4. The van der Waals surface area contributed by atoms with E-state index in [1.807, 2.05) is 0 Å². The molecule has 1 aliphatic heterocycles. The maximum Gasteiger partial charge on any atom is 0.268 e. The summed E-state index contributed by atoms with van der Waals surface area (Å²) in [5.41, 5.74) is 6.90. The molecule has 6 nitrogen and oxygen atoms in total. The molecule has 1 unspecified atom stereocenters. The first kappa shape index (κ1) is 14.7. The number of anilines is 2. The van der Waals surface area contributed by atoms with Crippen LogP contribution in [-0.4, -0.2) is 30.5 Å². The van der Waals surface area contributed by atoms with Crippen molar-refractivity contribution < 1.29 is 14.3 Å². The summed E-state index contributed by atoms with van der Waals surface area (Å²) in [6.45, 7) is 1.65. The van der Waals surface area contributed by atoms with Gasteiger partial charge < -0.3 is 15.8 Å². The number of para-hydroxylation sites is 1. The molecule has 1 atom stereocenters. The Kier molecular flexibility index (Phi) is 3.92. The van der Waals surface area contributed by atoms with Gasteiger partial charge in [-0.05, 0) is 31.9 Å². The van der Waals surface area contributed by atoms with Gasteiger partial charge in [-0.1, -0.05) is 18.9 Å². The van der Waals surface area contributed by atoms with Crippen molar-refractivity contribution in [1.29, 1.82) is 0 Å². The van der Waals surface area contributed by atoms with Gasteiger partial charge in [-0.3, -0.25) is 14.5 Å². The Labute approximate surface area is 129 Å². The fourth-order valence-electron chi connectivity index (χ4n) is 3.14. The number of fused-ring (bicyclic) bond motifs is 1. The molecule has 0 aromatic heterocycles. The smallest absolute Gasteiger partial charge is 0.268 e. The van der Waals surface area contributed by atoms with Crippen LogP contribution in [0.4, 0.5) is 11.4 Å². The van der Waals surface area contributed by atoms with E-state index in [-0.39, 0.29) is 24.4 Å². The zero-order valence-electron chi connectivity index (χ0n) is 12.7. The van der Waals surface area contributed by atoms with Gasteiger partial charge in [-0.25, -0.2) is 0 Å². The number of amides is 2. The molecule has 0 spiro atoms. The SMILES string of the molecule is CC1Oc2cccc(N)c2N(CC(=O)NC2CCCC2)C1=O. The van der Waals surface area contributed by atoms with Crippen molar-refractivity contribution in [3.05, 3.63) is 18.2 Å². The van der Waals surface area contributed by atoms with Gasteiger partial charge >= 0.3 is 0 Å². The zero-order valence-corrected chi connectivity index (χ0v) is 12.7. The van der Waals surface area contributed by atoms with Gasteiger partial charge in [0.2, 0.25) is 5.91 Å². The van der Waals surface area contributed by atoms with Gasteiger partial charge in [0, 0.05) is 6.04 Å². The third-order valence-electron chi connectivity index (χ3n) is 4.24. The Bertz CT molecular complexity index is 596. The zero-order chi connectivity index (χ0) is 15.7. The van der Waals surface area contributed by atoms with Crippen LogP contribution in [0.15, 0.2) is 18.2 Å². The molecule has 1 aromatic rings.